The maximum absolute atomic E-state index is 4.19. The molecule has 0 aromatic heterocycles. The topological polar surface area (TPSA) is 15.6 Å². The monoisotopic (exact) mass is 282 g/mol. The summed E-state index contributed by atoms with van der Waals surface area (Å²) in [4.78, 5) is 0. The SMILES string of the molecule is CC1=CN(P)N=CC1(C)CI. The van der Waals surface area contributed by atoms with Crippen molar-refractivity contribution in [1.82, 2.24) is 4.78 Å². The third kappa shape index (κ3) is 1.94. The van der Waals surface area contributed by atoms with Crippen molar-refractivity contribution < 1.29 is 0 Å². The molecule has 0 fully saturated rings. The minimum Gasteiger partial charge on any atom is -0.259 e. The van der Waals surface area contributed by atoms with Crippen LogP contribution in [0.2, 0.25) is 0 Å². The molecular weight excluding hydrogens is 270 g/mol. The number of halogens is 1. The predicted molar refractivity (Wildman–Crippen MR) is 60.8 cm³/mol. The van der Waals surface area contributed by atoms with Gasteiger partial charge in [-0.3, -0.25) is 4.78 Å². The van der Waals surface area contributed by atoms with E-state index in [1.165, 1.54) is 5.57 Å². The summed E-state index contributed by atoms with van der Waals surface area (Å²) in [7, 11) is 2.54. The molecule has 0 saturated heterocycles. The third-order valence-corrected chi connectivity index (χ3v) is 3.85. The van der Waals surface area contributed by atoms with Crippen LogP contribution in [-0.2, 0) is 0 Å². The molecule has 0 aliphatic carbocycles. The average Bonchev–Trinajstić information content (AvgIpc) is 1.98. The van der Waals surface area contributed by atoms with Gasteiger partial charge in [0, 0.05) is 22.3 Å². The Morgan fingerprint density at radius 1 is 1.82 bits per heavy atom. The Morgan fingerprint density at radius 2 is 2.45 bits per heavy atom. The lowest BCUT2D eigenvalue weighted by molar-refractivity contribution is 0.562. The summed E-state index contributed by atoms with van der Waals surface area (Å²) in [5.41, 5.74) is 1.52. The quantitative estimate of drug-likeness (QED) is 0.410. The van der Waals surface area contributed by atoms with Crippen LogP contribution in [0.15, 0.2) is 16.9 Å². The number of alkyl halides is 1. The Kier molecular flexibility index (Phi) is 2.92. The van der Waals surface area contributed by atoms with Crippen molar-refractivity contribution in [2.24, 2.45) is 10.5 Å². The van der Waals surface area contributed by atoms with Crippen LogP contribution in [0.4, 0.5) is 0 Å². The van der Waals surface area contributed by atoms with Crippen LogP contribution >= 0.6 is 32.0 Å². The van der Waals surface area contributed by atoms with Crippen molar-refractivity contribution in [3.63, 3.8) is 0 Å². The van der Waals surface area contributed by atoms with Gasteiger partial charge in [0.1, 0.15) is 0 Å². The molecular formula is C7H12IN2P. The zero-order valence-electron chi connectivity index (χ0n) is 6.71. The molecule has 0 N–H and O–H groups in total. The minimum atomic E-state index is 0.160. The van der Waals surface area contributed by atoms with Crippen molar-refractivity contribution in [1.29, 1.82) is 0 Å². The standard InChI is InChI=1S/C7H12IN2P/c1-6-3-10(11)9-5-7(6,2)4-8/h3,5H,4,11H2,1-2H3. The molecule has 0 aromatic rings. The molecule has 0 bridgehead atoms. The first-order valence-electron chi connectivity index (χ1n) is 3.42. The van der Waals surface area contributed by atoms with Crippen molar-refractivity contribution in [2.75, 3.05) is 4.43 Å². The Bertz CT molecular complexity index is 214. The van der Waals surface area contributed by atoms with Crippen molar-refractivity contribution in [3.8, 4) is 0 Å². The van der Waals surface area contributed by atoms with E-state index in [-0.39, 0.29) is 5.41 Å². The number of hydrogen-bond donors (Lipinski definition) is 0. The van der Waals surface area contributed by atoms with E-state index < -0.39 is 0 Å². The van der Waals surface area contributed by atoms with Gasteiger partial charge in [-0.1, -0.05) is 22.6 Å². The summed E-state index contributed by atoms with van der Waals surface area (Å²) < 4.78 is 2.85. The molecule has 1 aliphatic heterocycles. The van der Waals surface area contributed by atoms with Crippen molar-refractivity contribution in [3.05, 3.63) is 11.8 Å². The van der Waals surface area contributed by atoms with Gasteiger partial charge in [0.05, 0.1) is 0 Å². The van der Waals surface area contributed by atoms with Crippen LogP contribution in [0, 0.1) is 5.41 Å². The number of nitrogens with zero attached hydrogens (tertiary/aromatic N) is 2. The first-order chi connectivity index (χ1) is 5.08. The van der Waals surface area contributed by atoms with Crippen molar-refractivity contribution in [2.45, 2.75) is 13.8 Å². The molecule has 0 spiro atoms. The van der Waals surface area contributed by atoms with Crippen LogP contribution in [-0.4, -0.2) is 15.4 Å². The van der Waals surface area contributed by atoms with E-state index in [9.17, 15) is 0 Å². The van der Waals surface area contributed by atoms with Crippen LogP contribution < -0.4 is 0 Å². The van der Waals surface area contributed by atoms with Crippen LogP contribution in [0.3, 0.4) is 0 Å². The third-order valence-electron chi connectivity index (χ3n) is 1.98. The second kappa shape index (κ2) is 3.40. The van der Waals surface area contributed by atoms with E-state index in [1.807, 2.05) is 12.4 Å². The second-order valence-corrected chi connectivity index (χ2v) is 4.28. The molecule has 4 heteroatoms. The van der Waals surface area contributed by atoms with Gasteiger partial charge in [0.25, 0.3) is 0 Å². The number of allylic oxidation sites excluding steroid dienone is 1. The van der Waals surface area contributed by atoms with Crippen molar-refractivity contribution >= 4 is 38.2 Å². The minimum absolute atomic E-state index is 0.160. The molecule has 0 aromatic carbocycles. The molecule has 2 unspecified atom stereocenters. The fraction of sp³-hybridized carbons (Fsp3) is 0.571. The summed E-state index contributed by atoms with van der Waals surface area (Å²) in [5, 5.41) is 4.19. The van der Waals surface area contributed by atoms with E-state index >= 15 is 0 Å². The van der Waals surface area contributed by atoms with Gasteiger partial charge in [-0.05, 0) is 28.8 Å². The van der Waals surface area contributed by atoms with Gasteiger partial charge in [-0.2, -0.15) is 5.10 Å². The molecule has 1 aliphatic rings. The van der Waals surface area contributed by atoms with Gasteiger partial charge in [-0.25, -0.2) is 0 Å². The fourth-order valence-corrected chi connectivity index (χ4v) is 1.90. The molecule has 11 heavy (non-hydrogen) atoms. The Morgan fingerprint density at radius 3 is 2.91 bits per heavy atom. The number of hydrogen-bond acceptors (Lipinski definition) is 2. The summed E-state index contributed by atoms with van der Waals surface area (Å²) in [5.74, 6) is 0. The van der Waals surface area contributed by atoms with E-state index in [4.69, 9.17) is 0 Å². The van der Waals surface area contributed by atoms with Gasteiger partial charge in [0.2, 0.25) is 0 Å². The lowest BCUT2D eigenvalue weighted by Crippen LogP contribution is -2.26. The summed E-state index contributed by atoms with van der Waals surface area (Å²) in [6, 6.07) is 0. The lowest BCUT2D eigenvalue weighted by Gasteiger charge is -2.29. The molecule has 62 valence electrons. The first kappa shape index (κ1) is 9.46. The lowest BCUT2D eigenvalue weighted by atomic mass is 9.87. The Hall–Kier alpha value is 0.370. The van der Waals surface area contributed by atoms with Crippen LogP contribution in [0.25, 0.3) is 0 Å². The zero-order chi connectivity index (χ0) is 8.48. The molecule has 1 rings (SSSR count). The second-order valence-electron chi connectivity index (χ2n) is 2.99. The van der Waals surface area contributed by atoms with Gasteiger partial charge >= 0.3 is 0 Å². The Labute approximate surface area is 83.5 Å². The molecule has 2 atom stereocenters. The highest BCUT2D eigenvalue weighted by atomic mass is 127. The Balaban J connectivity index is 2.87. The first-order valence-corrected chi connectivity index (χ1v) is 5.46. The molecule has 2 nitrogen and oxygen atoms in total. The smallest absolute Gasteiger partial charge is 0.0360 e. The molecule has 0 saturated carbocycles. The highest BCUT2D eigenvalue weighted by Gasteiger charge is 2.25. The summed E-state index contributed by atoms with van der Waals surface area (Å²) in [6.45, 7) is 4.34. The highest BCUT2D eigenvalue weighted by Crippen LogP contribution is 2.31. The normalized spacial score (nSPS) is 30.5. The fourth-order valence-electron chi connectivity index (χ4n) is 0.815. The maximum atomic E-state index is 4.19. The number of rotatable bonds is 1. The number of hydrazone groups is 1. The largest absolute Gasteiger partial charge is 0.259 e. The molecule has 0 amide bonds. The van der Waals surface area contributed by atoms with Crippen LogP contribution in [0.1, 0.15) is 13.8 Å². The predicted octanol–water partition coefficient (Wildman–Crippen LogP) is 2.42. The van der Waals surface area contributed by atoms with Gasteiger partial charge < -0.3 is 0 Å². The van der Waals surface area contributed by atoms with E-state index in [0.29, 0.717) is 0 Å². The van der Waals surface area contributed by atoms with E-state index in [0.717, 1.165) is 4.43 Å². The molecule has 0 radical (unpaired) electrons. The summed E-state index contributed by atoms with van der Waals surface area (Å²) >= 11 is 2.39. The van der Waals surface area contributed by atoms with Gasteiger partial charge in [0.15, 0.2) is 0 Å². The average molecular weight is 282 g/mol. The molecule has 1 heterocycles. The van der Waals surface area contributed by atoms with Crippen LogP contribution in [0.5, 0.6) is 0 Å². The summed E-state index contributed by atoms with van der Waals surface area (Å²) in [6.07, 6.45) is 4.05. The zero-order valence-corrected chi connectivity index (χ0v) is 10.0. The highest BCUT2D eigenvalue weighted by molar-refractivity contribution is 14.1. The van der Waals surface area contributed by atoms with Gasteiger partial charge in [-0.15, -0.1) is 0 Å². The maximum Gasteiger partial charge on any atom is 0.0360 e. The van der Waals surface area contributed by atoms with E-state index in [2.05, 4.69) is 50.9 Å². The van der Waals surface area contributed by atoms with E-state index in [1.54, 1.807) is 4.78 Å².